The first-order chi connectivity index (χ1) is 40.4. The topological polar surface area (TPSA) is 347 Å². The number of unbranched alkanes of at least 4 members (excludes halogenated alkanes) is 2. The number of nitrogen functional groups attached to an aromatic ring is 2. The molecule has 0 amide bonds. The Morgan fingerprint density at radius 2 is 0.928 bits per heavy atom. The van der Waals surface area contributed by atoms with E-state index in [1.807, 2.05) is 72.8 Å². The molecule has 2 aliphatic rings. The molecule has 83 heavy (non-hydrogen) atoms. The van der Waals surface area contributed by atoms with E-state index in [2.05, 4.69) is 30.0 Å². The number of aliphatic imine (C=N–C) groups is 6. The molecule has 2 aliphatic carbocycles. The molecule has 8 N–H and O–H groups in total. The second-order valence-electron chi connectivity index (χ2n) is 18.6. The highest BCUT2D eigenvalue weighted by Crippen LogP contribution is 2.39. The first-order valence-corrected chi connectivity index (χ1v) is 26.5. The zero-order chi connectivity index (χ0) is 60.3. The molecule has 20 heteroatoms. The van der Waals surface area contributed by atoms with Crippen molar-refractivity contribution in [2.75, 3.05) is 24.6 Å². The van der Waals surface area contributed by atoms with Crippen LogP contribution in [0.5, 0.6) is 5.75 Å². The van der Waals surface area contributed by atoms with Crippen molar-refractivity contribution < 1.29 is 38.2 Å². The smallest absolute Gasteiger partial charge is 0.292 e. The summed E-state index contributed by atoms with van der Waals surface area (Å²) in [5, 5.41) is 16.9. The number of hydrogen-bond acceptors (Lipinski definition) is 20. The summed E-state index contributed by atoms with van der Waals surface area (Å²) in [5.41, 5.74) is 30.9. The van der Waals surface area contributed by atoms with Gasteiger partial charge in [0.05, 0.1) is 34.5 Å². The maximum absolute atomic E-state index is 10.2. The van der Waals surface area contributed by atoms with Crippen LogP contribution in [-0.4, -0.2) is 61.7 Å². The zero-order valence-electron chi connectivity index (χ0n) is 46.1. The number of nitrogens with zero attached hydrogens (tertiary/aromatic N) is 8. The molecule has 0 saturated heterocycles. The van der Waals surface area contributed by atoms with Crippen molar-refractivity contribution in [2.24, 2.45) is 53.3 Å². The fourth-order valence-electron chi connectivity index (χ4n) is 8.68. The first-order valence-electron chi connectivity index (χ1n) is 26.5. The predicted octanol–water partition coefficient (Wildman–Crippen LogP) is 12.2. The molecular formula is C63H66N12O8. The second-order valence-corrected chi connectivity index (χ2v) is 18.6. The highest BCUT2D eigenvalue weighted by Gasteiger charge is 2.31. The third-order valence-corrected chi connectivity index (χ3v) is 13.0. The van der Waals surface area contributed by atoms with Gasteiger partial charge in [-0.05, 0) is 209 Å². The fraction of sp³-hybridized carbons (Fsp3) is 0.302. The molecule has 2 saturated carbocycles. The Hall–Kier alpha value is -10.3. The lowest BCUT2D eigenvalue weighted by molar-refractivity contribution is 0.0757. The van der Waals surface area contributed by atoms with Crippen LogP contribution in [0.4, 0.5) is 39.8 Å². The van der Waals surface area contributed by atoms with Gasteiger partial charge in [0.1, 0.15) is 11.9 Å². The Kier molecular flexibility index (Phi) is 32.9. The minimum atomic E-state index is 0.155. The van der Waals surface area contributed by atoms with Gasteiger partial charge < -0.3 is 32.4 Å². The van der Waals surface area contributed by atoms with E-state index in [0.717, 1.165) is 97.9 Å². The lowest BCUT2D eigenvalue weighted by atomic mass is 9.72. The highest BCUT2D eigenvalue weighted by molar-refractivity contribution is 5.67. The van der Waals surface area contributed by atoms with E-state index in [-0.39, 0.29) is 12.1 Å². The Morgan fingerprint density at radius 3 is 1.37 bits per heavy atom. The van der Waals surface area contributed by atoms with Crippen LogP contribution in [0.3, 0.4) is 0 Å². The van der Waals surface area contributed by atoms with Crippen molar-refractivity contribution in [3.05, 3.63) is 156 Å². The van der Waals surface area contributed by atoms with Crippen molar-refractivity contribution in [1.29, 1.82) is 10.5 Å². The van der Waals surface area contributed by atoms with Gasteiger partial charge in [0.2, 0.25) is 36.5 Å². The van der Waals surface area contributed by atoms with E-state index in [9.17, 15) is 28.8 Å². The number of carbonyl (C=O) groups excluding carboxylic acids is 6. The number of hydrogen-bond donors (Lipinski definition) is 4. The predicted molar refractivity (Wildman–Crippen MR) is 317 cm³/mol. The van der Waals surface area contributed by atoms with E-state index in [1.54, 1.807) is 80.1 Å². The molecule has 0 aromatic heterocycles. The van der Waals surface area contributed by atoms with Crippen LogP contribution in [-0.2, 0) is 39.9 Å². The normalized spacial score (nSPS) is 14.9. The molecule has 2 fully saturated rings. The lowest BCUT2D eigenvalue weighted by Gasteiger charge is -2.36. The summed E-state index contributed by atoms with van der Waals surface area (Å²) in [5.74, 6) is 2.07. The maximum Gasteiger partial charge on any atom is 0.292 e. The molecule has 0 atom stereocenters. The summed E-state index contributed by atoms with van der Waals surface area (Å²) >= 11 is 0. The Labute approximate surface area is 482 Å². The fourth-order valence-corrected chi connectivity index (χ4v) is 8.68. The summed E-state index contributed by atoms with van der Waals surface area (Å²) < 4.78 is 9.71. The molecule has 426 valence electrons. The minimum Gasteiger partial charge on any atom is -0.424 e. The van der Waals surface area contributed by atoms with Crippen molar-refractivity contribution in [3.63, 3.8) is 0 Å². The van der Waals surface area contributed by atoms with Crippen LogP contribution in [0.1, 0.15) is 87.3 Å². The number of nitrogens with two attached hydrogens (primary N) is 4. The molecule has 0 aliphatic heterocycles. The summed E-state index contributed by atoms with van der Waals surface area (Å²) in [4.78, 5) is 80.8. The second kappa shape index (κ2) is 40.8. The van der Waals surface area contributed by atoms with Crippen LogP contribution in [0.15, 0.2) is 169 Å². The molecule has 0 unspecified atom stereocenters. The van der Waals surface area contributed by atoms with Crippen molar-refractivity contribution in [1.82, 2.24) is 0 Å². The lowest BCUT2D eigenvalue weighted by Crippen LogP contribution is -2.28. The van der Waals surface area contributed by atoms with Gasteiger partial charge in [0, 0.05) is 11.4 Å². The summed E-state index contributed by atoms with van der Waals surface area (Å²) in [7, 11) is 0. The van der Waals surface area contributed by atoms with Crippen molar-refractivity contribution >= 4 is 76.3 Å². The summed E-state index contributed by atoms with van der Waals surface area (Å²) in [6.07, 6.45) is 25.5. The van der Waals surface area contributed by atoms with Crippen LogP contribution in [0.25, 0.3) is 11.1 Å². The third-order valence-electron chi connectivity index (χ3n) is 13.0. The van der Waals surface area contributed by atoms with Gasteiger partial charge >= 0.3 is 0 Å². The number of nitriles is 2. The number of isocyanates is 6. The quantitative estimate of drug-likeness (QED) is 0.0230. The number of rotatable bonds is 16. The molecule has 20 nitrogen and oxygen atoms in total. The van der Waals surface area contributed by atoms with Gasteiger partial charge in [0.25, 0.3) is 12.5 Å². The molecule has 0 heterocycles. The molecule has 0 spiro atoms. The van der Waals surface area contributed by atoms with Crippen LogP contribution in [0, 0.1) is 41.8 Å². The Balaban J connectivity index is 0.000000266. The van der Waals surface area contributed by atoms with Gasteiger partial charge in [-0.1, -0.05) is 67.1 Å². The monoisotopic (exact) mass is 1120 g/mol. The van der Waals surface area contributed by atoms with Gasteiger partial charge in [-0.25, -0.2) is 33.8 Å². The van der Waals surface area contributed by atoms with Crippen molar-refractivity contribution in [3.8, 4) is 29.4 Å². The first kappa shape index (κ1) is 67.0. The Bertz CT molecular complexity index is 3190. The Morgan fingerprint density at radius 1 is 0.482 bits per heavy atom. The molecular weight excluding hydrogens is 1050 g/mol. The molecule has 6 aromatic carbocycles. The van der Waals surface area contributed by atoms with Crippen LogP contribution < -0.4 is 27.7 Å². The zero-order valence-corrected chi connectivity index (χ0v) is 46.1. The molecule has 0 bridgehead atoms. The third kappa shape index (κ3) is 27.4. The van der Waals surface area contributed by atoms with Gasteiger partial charge in [-0.2, -0.15) is 30.2 Å². The van der Waals surface area contributed by atoms with Crippen LogP contribution >= 0.6 is 0 Å². The largest absolute Gasteiger partial charge is 0.424 e. The molecule has 0 radical (unpaired) electrons. The van der Waals surface area contributed by atoms with Gasteiger partial charge in [-0.15, -0.1) is 5.26 Å². The van der Waals surface area contributed by atoms with E-state index in [0.29, 0.717) is 34.2 Å². The van der Waals surface area contributed by atoms with E-state index < -0.39 is 0 Å². The van der Waals surface area contributed by atoms with Gasteiger partial charge in [0.15, 0.2) is 0 Å². The average molecular weight is 1120 g/mol. The summed E-state index contributed by atoms with van der Waals surface area (Å²) in [6, 6.07) is 41.6. The number of ether oxygens (including phenoxy) is 2. The highest BCUT2D eigenvalue weighted by atomic mass is 16.5. The average Bonchev–Trinajstić information content (AvgIpc) is 3.53. The van der Waals surface area contributed by atoms with E-state index in [4.69, 9.17) is 42.9 Å². The SMILES string of the molecule is Cc1ccc(N=C=O)cc1N=C=O.N#COC1CCC(C2CCC(N=C=O)CC2)CC1.N#COc1ccc(-c2ccc(N=C=O)cc2)cc1.NCCCCCN.Nc1ccc(Cc2ccc(N)cc2)cc1.O=C=Nc1cccc(N=C=O)c1. The standard InChI is InChI=1S/C14H20N2O2.C14H8N2O2.C13H14N2.C9H6N2O2.C8H4N2O2.C5H14N2/c2*15-9-18-14-7-3-12(4-8-14)11-1-5-13(6-2-11)16-10-17;14-12-5-1-10(2-6-12)9-11-3-7-13(15)8-4-11;1-7-2-3-8(10-5-12)4-9(7)11-6-13;11-5-9-7-2-1-3-8(4-7)10-6-12;6-4-2-1-3-5-7/h11-14H,1-8H2;1-8H;1-8H,9,14-15H2;2-4H,1H3;1-4H;1-7H2. The number of benzene rings is 6. The number of aryl methyl sites for hydroxylation is 1. The summed E-state index contributed by atoms with van der Waals surface area (Å²) in [6.45, 7) is 3.41. The van der Waals surface area contributed by atoms with Crippen LogP contribution in [0.2, 0.25) is 0 Å². The van der Waals surface area contributed by atoms with Gasteiger partial charge in [-0.3, -0.25) is 0 Å². The molecule has 6 aromatic rings. The molecule has 8 rings (SSSR count). The van der Waals surface area contributed by atoms with E-state index >= 15 is 0 Å². The van der Waals surface area contributed by atoms with Crippen molar-refractivity contribution in [2.45, 2.75) is 96.1 Å². The number of anilines is 2. The minimum absolute atomic E-state index is 0.155. The van der Waals surface area contributed by atoms with E-state index in [1.165, 1.54) is 85.8 Å². The maximum atomic E-state index is 10.2.